The van der Waals surface area contributed by atoms with Gasteiger partial charge in [-0.3, -0.25) is 14.3 Å². The molecule has 2 rings (SSSR count). The average Bonchev–Trinajstić information content (AvgIpc) is 2.82. The molecule has 0 aromatic carbocycles. The predicted molar refractivity (Wildman–Crippen MR) is 71.7 cm³/mol. The van der Waals surface area contributed by atoms with E-state index in [0.717, 1.165) is 13.1 Å². The lowest BCUT2D eigenvalue weighted by atomic mass is 10.3. The van der Waals surface area contributed by atoms with Crippen LogP contribution in [0.2, 0.25) is 0 Å². The first-order valence-electron chi connectivity index (χ1n) is 6.45. The number of carbonyl (C=O) groups is 2. The van der Waals surface area contributed by atoms with Crippen LogP contribution < -0.4 is 5.73 Å². The molecule has 0 spiro atoms. The number of anilines is 1. The highest BCUT2D eigenvalue weighted by Gasteiger charge is 2.20. The van der Waals surface area contributed by atoms with E-state index in [0.29, 0.717) is 18.9 Å². The molecule has 2 N–H and O–H groups in total. The summed E-state index contributed by atoms with van der Waals surface area (Å²) in [5.74, 6) is -0.326. The van der Waals surface area contributed by atoms with Crippen LogP contribution in [0.4, 0.5) is 5.82 Å². The zero-order chi connectivity index (χ0) is 14.5. The van der Waals surface area contributed by atoms with Gasteiger partial charge >= 0.3 is 5.97 Å². The first-order valence-corrected chi connectivity index (χ1v) is 6.45. The molecule has 110 valence electrons. The number of carbonyl (C=O) groups excluding carboxylic acids is 2. The highest BCUT2D eigenvalue weighted by molar-refractivity contribution is 5.80. The molecule has 1 amide bonds. The van der Waals surface area contributed by atoms with Crippen molar-refractivity contribution in [1.29, 1.82) is 0 Å². The Labute approximate surface area is 117 Å². The van der Waals surface area contributed by atoms with Gasteiger partial charge in [0.2, 0.25) is 0 Å². The third-order valence-corrected chi connectivity index (χ3v) is 3.16. The summed E-state index contributed by atoms with van der Waals surface area (Å²) in [6.45, 7) is 2.75. The smallest absolute Gasteiger partial charge is 0.328 e. The van der Waals surface area contributed by atoms with Crippen molar-refractivity contribution >= 4 is 17.7 Å². The predicted octanol–water partition coefficient (Wildman–Crippen LogP) is -1.22. The fourth-order valence-corrected chi connectivity index (χ4v) is 1.93. The van der Waals surface area contributed by atoms with Crippen molar-refractivity contribution < 1.29 is 14.3 Å². The van der Waals surface area contributed by atoms with Crippen molar-refractivity contribution in [2.24, 2.45) is 0 Å². The number of aromatic nitrogens is 2. The number of piperazine rings is 1. The number of amides is 1. The maximum atomic E-state index is 11.9. The van der Waals surface area contributed by atoms with Crippen LogP contribution in [0.25, 0.3) is 0 Å². The highest BCUT2D eigenvalue weighted by Crippen LogP contribution is 2.01. The first kappa shape index (κ1) is 14.3. The molecule has 0 saturated carbocycles. The second kappa shape index (κ2) is 6.38. The number of rotatable bonds is 4. The minimum absolute atomic E-state index is 0.0484. The van der Waals surface area contributed by atoms with Crippen molar-refractivity contribution in [2.45, 2.75) is 6.54 Å². The Morgan fingerprint density at radius 3 is 2.65 bits per heavy atom. The fraction of sp³-hybridized carbons (Fsp3) is 0.583. The minimum atomic E-state index is -0.504. The van der Waals surface area contributed by atoms with Crippen LogP contribution in [-0.4, -0.2) is 71.3 Å². The van der Waals surface area contributed by atoms with E-state index in [9.17, 15) is 9.59 Å². The SMILES string of the molecule is CN1CCN(C(=O)COC(=O)Cn2ccc(N)n2)CC1. The lowest BCUT2D eigenvalue weighted by Gasteiger charge is -2.32. The molecule has 0 atom stereocenters. The fourth-order valence-electron chi connectivity index (χ4n) is 1.93. The van der Waals surface area contributed by atoms with Gasteiger partial charge in [-0.05, 0) is 13.1 Å². The van der Waals surface area contributed by atoms with E-state index in [-0.39, 0.29) is 19.1 Å². The van der Waals surface area contributed by atoms with Crippen molar-refractivity contribution in [3.8, 4) is 0 Å². The Morgan fingerprint density at radius 1 is 1.35 bits per heavy atom. The van der Waals surface area contributed by atoms with E-state index >= 15 is 0 Å². The number of hydrogen-bond donors (Lipinski definition) is 1. The number of hydrogen-bond acceptors (Lipinski definition) is 6. The largest absolute Gasteiger partial charge is 0.454 e. The zero-order valence-corrected chi connectivity index (χ0v) is 11.5. The normalized spacial score (nSPS) is 16.1. The highest BCUT2D eigenvalue weighted by atomic mass is 16.5. The first-order chi connectivity index (χ1) is 9.54. The van der Waals surface area contributed by atoms with Crippen molar-refractivity contribution in [3.05, 3.63) is 12.3 Å². The molecule has 1 aliphatic rings. The maximum absolute atomic E-state index is 11.9. The second-order valence-corrected chi connectivity index (χ2v) is 4.78. The van der Waals surface area contributed by atoms with E-state index in [2.05, 4.69) is 10.00 Å². The Morgan fingerprint density at radius 2 is 2.05 bits per heavy atom. The van der Waals surface area contributed by atoms with Crippen LogP contribution in [0, 0.1) is 0 Å². The molecule has 8 heteroatoms. The Balaban J connectivity index is 1.71. The van der Waals surface area contributed by atoms with Crippen molar-refractivity contribution in [1.82, 2.24) is 19.6 Å². The Hall–Kier alpha value is -2.09. The number of esters is 1. The molecular weight excluding hydrogens is 262 g/mol. The number of likely N-dealkylation sites (N-methyl/N-ethyl adjacent to an activating group) is 1. The number of nitrogens with zero attached hydrogens (tertiary/aromatic N) is 4. The van der Waals surface area contributed by atoms with Gasteiger partial charge in [-0.25, -0.2) is 0 Å². The molecule has 20 heavy (non-hydrogen) atoms. The van der Waals surface area contributed by atoms with Crippen LogP contribution in [0.1, 0.15) is 0 Å². The van der Waals surface area contributed by atoms with Gasteiger partial charge in [0.25, 0.3) is 5.91 Å². The van der Waals surface area contributed by atoms with Gasteiger partial charge < -0.3 is 20.3 Å². The van der Waals surface area contributed by atoms with Crippen LogP contribution in [0.15, 0.2) is 12.3 Å². The standard InChI is InChI=1S/C12H19N5O3/c1-15-4-6-16(7-5-15)11(18)9-20-12(19)8-17-3-2-10(13)14-17/h2-3H,4-9H2,1H3,(H2,13,14). The third kappa shape index (κ3) is 3.95. The molecule has 0 radical (unpaired) electrons. The van der Waals surface area contributed by atoms with Crippen molar-refractivity contribution in [3.63, 3.8) is 0 Å². The Bertz CT molecular complexity index is 479. The summed E-state index contributed by atoms with van der Waals surface area (Å²) in [6.07, 6.45) is 1.58. The van der Waals surface area contributed by atoms with Crippen molar-refractivity contribution in [2.75, 3.05) is 45.6 Å². The van der Waals surface area contributed by atoms with E-state index in [1.165, 1.54) is 4.68 Å². The molecule has 2 heterocycles. The van der Waals surface area contributed by atoms with Gasteiger partial charge in [0.1, 0.15) is 12.4 Å². The topological polar surface area (TPSA) is 93.7 Å². The average molecular weight is 281 g/mol. The van der Waals surface area contributed by atoms with Gasteiger partial charge in [-0.15, -0.1) is 0 Å². The second-order valence-electron chi connectivity index (χ2n) is 4.78. The molecule has 0 unspecified atom stereocenters. The summed E-state index contributed by atoms with van der Waals surface area (Å²) in [6, 6.07) is 1.59. The van der Waals surface area contributed by atoms with Gasteiger partial charge in [0.05, 0.1) is 0 Å². The summed E-state index contributed by atoms with van der Waals surface area (Å²) >= 11 is 0. The van der Waals surface area contributed by atoms with Crippen LogP contribution in [0.3, 0.4) is 0 Å². The molecule has 0 bridgehead atoms. The Kier molecular flexibility index (Phi) is 4.57. The van der Waals surface area contributed by atoms with Crippen LogP contribution in [0.5, 0.6) is 0 Å². The number of ether oxygens (including phenoxy) is 1. The molecule has 1 saturated heterocycles. The molecule has 1 aromatic heterocycles. The quantitative estimate of drug-likeness (QED) is 0.695. The van der Waals surface area contributed by atoms with Gasteiger partial charge in [-0.1, -0.05) is 0 Å². The lowest BCUT2D eigenvalue weighted by Crippen LogP contribution is -2.48. The summed E-state index contributed by atoms with van der Waals surface area (Å²) in [5.41, 5.74) is 5.44. The summed E-state index contributed by atoms with van der Waals surface area (Å²) < 4.78 is 6.32. The summed E-state index contributed by atoms with van der Waals surface area (Å²) in [5, 5.41) is 3.87. The lowest BCUT2D eigenvalue weighted by molar-refractivity contribution is -0.153. The van der Waals surface area contributed by atoms with E-state index in [1.807, 2.05) is 7.05 Å². The van der Waals surface area contributed by atoms with Gasteiger partial charge in [0.15, 0.2) is 6.61 Å². The number of nitrogens with two attached hydrogens (primary N) is 1. The molecular formula is C12H19N5O3. The van der Waals surface area contributed by atoms with Gasteiger partial charge in [-0.2, -0.15) is 5.10 Å². The van der Waals surface area contributed by atoms with Gasteiger partial charge in [0, 0.05) is 32.4 Å². The molecule has 1 fully saturated rings. The summed E-state index contributed by atoms with van der Waals surface area (Å²) in [7, 11) is 2.01. The summed E-state index contributed by atoms with van der Waals surface area (Å²) in [4.78, 5) is 27.3. The minimum Gasteiger partial charge on any atom is -0.454 e. The molecule has 8 nitrogen and oxygen atoms in total. The van der Waals surface area contributed by atoms with Crippen LogP contribution >= 0.6 is 0 Å². The molecule has 1 aliphatic heterocycles. The molecule has 0 aliphatic carbocycles. The maximum Gasteiger partial charge on any atom is 0.328 e. The number of nitrogen functional groups attached to an aromatic ring is 1. The van der Waals surface area contributed by atoms with E-state index in [4.69, 9.17) is 10.5 Å². The zero-order valence-electron chi connectivity index (χ0n) is 11.5. The third-order valence-electron chi connectivity index (χ3n) is 3.16. The van der Waals surface area contributed by atoms with E-state index in [1.54, 1.807) is 17.2 Å². The van der Waals surface area contributed by atoms with Crippen LogP contribution in [-0.2, 0) is 20.9 Å². The van der Waals surface area contributed by atoms with E-state index < -0.39 is 5.97 Å². The molecule has 1 aromatic rings. The monoisotopic (exact) mass is 281 g/mol.